The fraction of sp³-hybridized carbons (Fsp3) is 0.381. The number of amides is 2. The molecule has 0 bridgehead atoms. The largest absolute Gasteiger partial charge is 0.446 e. The topological polar surface area (TPSA) is 56.8 Å². The van der Waals surface area contributed by atoms with Gasteiger partial charge in [0, 0.05) is 61.7 Å². The Hall–Kier alpha value is -2.37. The summed E-state index contributed by atoms with van der Waals surface area (Å²) < 4.78 is 37.2. The number of hydrogen-bond acceptors (Lipinski definition) is 6. The van der Waals surface area contributed by atoms with Crippen LogP contribution in [0.25, 0.3) is 6.08 Å². The van der Waals surface area contributed by atoms with Crippen molar-refractivity contribution in [1.29, 1.82) is 0 Å². The molecule has 0 N–H and O–H groups in total. The molecule has 2 saturated heterocycles. The highest BCUT2D eigenvalue weighted by Crippen LogP contribution is 2.36. The summed E-state index contributed by atoms with van der Waals surface area (Å²) in [6.07, 6.45) is 3.06. The molecule has 3 heterocycles. The number of hydrogen-bond donors (Lipinski definition) is 0. The van der Waals surface area contributed by atoms with Gasteiger partial charge in [0.2, 0.25) is 5.91 Å². The lowest BCUT2D eigenvalue weighted by molar-refractivity contribution is -0.133. The molecule has 4 rings (SSSR count). The first-order chi connectivity index (χ1) is 15.3. The maximum absolute atomic E-state index is 12.4. The van der Waals surface area contributed by atoms with Gasteiger partial charge in [0.25, 0.3) is 5.91 Å². The molecule has 32 heavy (non-hydrogen) atoms. The van der Waals surface area contributed by atoms with Crippen LogP contribution in [0.15, 0.2) is 46.1 Å². The third kappa shape index (κ3) is 5.70. The summed E-state index contributed by atoms with van der Waals surface area (Å²) in [5.74, 6) is -0.154. The van der Waals surface area contributed by atoms with Crippen LogP contribution in [-0.2, 0) is 4.79 Å². The molecule has 170 valence electrons. The monoisotopic (exact) mass is 482 g/mol. The molecular weight excluding hydrogens is 461 g/mol. The zero-order valence-corrected chi connectivity index (χ0v) is 18.6. The molecule has 2 fully saturated rings. The van der Waals surface area contributed by atoms with Crippen molar-refractivity contribution in [3.8, 4) is 0 Å². The van der Waals surface area contributed by atoms with Gasteiger partial charge in [-0.05, 0) is 35.5 Å². The molecule has 0 aliphatic carbocycles. The highest BCUT2D eigenvalue weighted by atomic mass is 32.2. The summed E-state index contributed by atoms with van der Waals surface area (Å²) in [4.78, 5) is 34.8. The second-order valence-electron chi connectivity index (χ2n) is 7.55. The number of thiazole rings is 1. The molecule has 0 spiro atoms. The van der Waals surface area contributed by atoms with Gasteiger partial charge in [-0.2, -0.15) is 13.2 Å². The van der Waals surface area contributed by atoms with E-state index in [1.54, 1.807) is 34.0 Å². The first-order valence-electron chi connectivity index (χ1n) is 10.0. The molecule has 2 aromatic rings. The number of alkyl halides is 3. The van der Waals surface area contributed by atoms with Gasteiger partial charge in [0.15, 0.2) is 0 Å². The van der Waals surface area contributed by atoms with Crippen LogP contribution in [0, 0.1) is 0 Å². The van der Waals surface area contributed by atoms with Crippen LogP contribution >= 0.6 is 23.1 Å². The third-order valence-corrected chi connectivity index (χ3v) is 6.80. The van der Waals surface area contributed by atoms with E-state index in [0.717, 1.165) is 13.1 Å². The smallest absolute Gasteiger partial charge is 0.336 e. The molecule has 2 amide bonds. The molecule has 0 atom stereocenters. The number of benzene rings is 1. The van der Waals surface area contributed by atoms with Crippen LogP contribution in [0.5, 0.6) is 0 Å². The minimum atomic E-state index is -4.31. The normalized spacial score (nSPS) is 18.2. The maximum atomic E-state index is 12.4. The summed E-state index contributed by atoms with van der Waals surface area (Å²) in [7, 11) is 0. The number of carbonyl (C=O) groups excluding carboxylic acids is 2. The van der Waals surface area contributed by atoms with Crippen molar-refractivity contribution in [1.82, 2.24) is 19.7 Å². The number of thioether (sulfide) groups is 1. The Kier molecular flexibility index (Phi) is 6.87. The van der Waals surface area contributed by atoms with Crippen molar-refractivity contribution in [3.63, 3.8) is 0 Å². The molecular formula is C21H21F3N4O2S2. The summed E-state index contributed by atoms with van der Waals surface area (Å²) in [5, 5.41) is 1.76. The first-order valence-corrected chi connectivity index (χ1v) is 11.8. The van der Waals surface area contributed by atoms with Gasteiger partial charge in [-0.15, -0.1) is 11.3 Å². The van der Waals surface area contributed by atoms with E-state index in [1.165, 1.54) is 29.5 Å². The second-order valence-corrected chi connectivity index (χ2v) is 9.41. The van der Waals surface area contributed by atoms with Crippen molar-refractivity contribution in [2.75, 3.05) is 39.3 Å². The molecule has 2 aliphatic heterocycles. The van der Waals surface area contributed by atoms with E-state index in [1.807, 2.05) is 4.90 Å². The Bertz CT molecular complexity index is 966. The van der Waals surface area contributed by atoms with E-state index in [4.69, 9.17) is 0 Å². The van der Waals surface area contributed by atoms with Crippen molar-refractivity contribution in [2.24, 2.45) is 0 Å². The predicted octanol–water partition coefficient (Wildman–Crippen LogP) is 3.44. The fourth-order valence-electron chi connectivity index (χ4n) is 3.69. The molecule has 0 unspecified atom stereocenters. The van der Waals surface area contributed by atoms with Crippen LogP contribution < -0.4 is 0 Å². The van der Waals surface area contributed by atoms with Crippen molar-refractivity contribution in [3.05, 3.63) is 52.5 Å². The highest BCUT2D eigenvalue weighted by molar-refractivity contribution is 8.00. The lowest BCUT2D eigenvalue weighted by Gasteiger charge is -2.47. The SMILES string of the molecule is O=C(C=Cc1ccc(SC(F)(F)F)cc1)N1CC(N2CCN(C(=O)c3cscn3)CC2)C1. The van der Waals surface area contributed by atoms with Gasteiger partial charge in [0.1, 0.15) is 5.69 Å². The van der Waals surface area contributed by atoms with Gasteiger partial charge in [-0.25, -0.2) is 4.98 Å². The maximum Gasteiger partial charge on any atom is 0.446 e. The average Bonchev–Trinajstić information content (AvgIpc) is 3.26. The second kappa shape index (κ2) is 9.63. The Morgan fingerprint density at radius 2 is 1.75 bits per heavy atom. The molecule has 0 radical (unpaired) electrons. The average molecular weight is 483 g/mol. The third-order valence-electron chi connectivity index (χ3n) is 5.48. The molecule has 0 saturated carbocycles. The number of likely N-dealkylation sites (tertiary alicyclic amines) is 1. The summed E-state index contributed by atoms with van der Waals surface area (Å²) in [6.45, 7) is 4.07. The minimum Gasteiger partial charge on any atom is -0.336 e. The summed E-state index contributed by atoms with van der Waals surface area (Å²) >= 11 is 1.24. The van der Waals surface area contributed by atoms with Gasteiger partial charge in [-0.3, -0.25) is 14.5 Å². The molecule has 1 aromatic carbocycles. The lowest BCUT2D eigenvalue weighted by atomic mass is 10.1. The molecule has 11 heteroatoms. The van der Waals surface area contributed by atoms with Gasteiger partial charge >= 0.3 is 5.51 Å². The number of halogens is 3. The summed E-state index contributed by atoms with van der Waals surface area (Å²) in [5.41, 5.74) is -1.50. The van der Waals surface area contributed by atoms with Crippen LogP contribution in [-0.4, -0.2) is 82.3 Å². The van der Waals surface area contributed by atoms with Gasteiger partial charge < -0.3 is 9.80 Å². The molecule has 1 aromatic heterocycles. The Balaban J connectivity index is 1.20. The fourth-order valence-corrected chi connectivity index (χ4v) is 4.76. The standard InChI is InChI=1S/C21H21F3N4O2S2/c22-21(23,24)32-17-4-1-15(2-5-17)3-6-19(29)28-11-16(12-28)26-7-9-27(10-8-26)20(30)18-13-31-14-25-18/h1-6,13-14,16H,7-12H2. The number of carbonyl (C=O) groups is 2. The van der Waals surface area contributed by atoms with Gasteiger partial charge in [0.05, 0.1) is 5.51 Å². The minimum absolute atomic E-state index is 0.0357. The van der Waals surface area contributed by atoms with E-state index >= 15 is 0 Å². The highest BCUT2D eigenvalue weighted by Gasteiger charge is 2.36. The van der Waals surface area contributed by atoms with E-state index in [2.05, 4.69) is 9.88 Å². The number of nitrogens with zero attached hydrogens (tertiary/aromatic N) is 4. The van der Waals surface area contributed by atoms with E-state index in [-0.39, 0.29) is 34.5 Å². The Labute approximate surface area is 191 Å². The van der Waals surface area contributed by atoms with E-state index in [0.29, 0.717) is 37.4 Å². The lowest BCUT2D eigenvalue weighted by Crippen LogP contribution is -2.64. The van der Waals surface area contributed by atoms with Crippen LogP contribution in [0.4, 0.5) is 13.2 Å². The molecule has 2 aliphatic rings. The van der Waals surface area contributed by atoms with E-state index in [9.17, 15) is 22.8 Å². The Morgan fingerprint density at radius 3 is 2.34 bits per heavy atom. The number of aromatic nitrogens is 1. The molecule has 6 nitrogen and oxygen atoms in total. The zero-order chi connectivity index (χ0) is 22.7. The van der Waals surface area contributed by atoms with Crippen LogP contribution in [0.3, 0.4) is 0 Å². The zero-order valence-electron chi connectivity index (χ0n) is 17.0. The Morgan fingerprint density at radius 1 is 1.06 bits per heavy atom. The van der Waals surface area contributed by atoms with Crippen LogP contribution in [0.1, 0.15) is 16.1 Å². The number of rotatable bonds is 5. The summed E-state index contributed by atoms with van der Waals surface area (Å²) in [6, 6.07) is 6.18. The van der Waals surface area contributed by atoms with E-state index < -0.39 is 5.51 Å². The van der Waals surface area contributed by atoms with Crippen molar-refractivity contribution < 1.29 is 22.8 Å². The first kappa shape index (κ1) is 22.8. The number of piperazine rings is 1. The van der Waals surface area contributed by atoms with Gasteiger partial charge in [-0.1, -0.05) is 12.1 Å². The predicted molar refractivity (Wildman–Crippen MR) is 117 cm³/mol. The van der Waals surface area contributed by atoms with Crippen molar-refractivity contribution >= 4 is 41.0 Å². The van der Waals surface area contributed by atoms with Crippen molar-refractivity contribution in [2.45, 2.75) is 16.4 Å². The van der Waals surface area contributed by atoms with Crippen LogP contribution in [0.2, 0.25) is 0 Å². The quantitative estimate of drug-likeness (QED) is 0.483.